The van der Waals surface area contributed by atoms with Crippen LogP contribution in [0.1, 0.15) is 92.4 Å². The van der Waals surface area contributed by atoms with Crippen LogP contribution < -0.4 is 0 Å². The highest BCUT2D eigenvalue weighted by atomic mass is 32.2. The van der Waals surface area contributed by atoms with E-state index in [0.717, 1.165) is 38.5 Å². The summed E-state index contributed by atoms with van der Waals surface area (Å²) in [5.41, 5.74) is -1.57. The molecule has 1 aliphatic heterocycles. The molecule has 0 unspecified atom stereocenters. The van der Waals surface area contributed by atoms with Gasteiger partial charge in [0.1, 0.15) is 12.4 Å². The van der Waals surface area contributed by atoms with E-state index in [1.807, 2.05) is 52.8 Å². The number of ketones is 1. The second kappa shape index (κ2) is 21.4. The van der Waals surface area contributed by atoms with Crippen molar-refractivity contribution in [1.29, 1.82) is 0 Å². The van der Waals surface area contributed by atoms with Crippen LogP contribution in [0.2, 0.25) is 0 Å². The molecule has 2 aliphatic carbocycles. The highest BCUT2D eigenvalue weighted by Gasteiger charge is 2.64. The Hall–Kier alpha value is -2.67. The lowest BCUT2D eigenvalue weighted by atomic mass is 9.64. The van der Waals surface area contributed by atoms with Gasteiger partial charge in [0.05, 0.1) is 38.1 Å². The third-order valence-corrected chi connectivity index (χ3v) is 12.6. The molecule has 7 atom stereocenters. The van der Waals surface area contributed by atoms with Crippen molar-refractivity contribution in [3.8, 4) is 0 Å². The maximum absolute atomic E-state index is 15.2. The Kier molecular flexibility index (Phi) is 18.1. The number of methoxy groups -OCH3 is 2. The lowest BCUT2D eigenvalue weighted by Crippen LogP contribution is -2.49. The number of thioether (sulfide) groups is 2. The maximum atomic E-state index is 15.2. The molecular weight excluding hydrogens is 717 g/mol. The quantitative estimate of drug-likeness (QED) is 0.0397. The van der Waals surface area contributed by atoms with E-state index in [4.69, 9.17) is 23.7 Å². The number of fused-ring (bicyclic) bond motifs is 2. The third kappa shape index (κ3) is 11.2. The summed E-state index contributed by atoms with van der Waals surface area (Å²) in [6.07, 6.45) is 17.3. The Labute approximate surface area is 324 Å². The summed E-state index contributed by atoms with van der Waals surface area (Å²) in [4.78, 5) is 69.9. The van der Waals surface area contributed by atoms with Gasteiger partial charge in [0.25, 0.3) is 0 Å². The van der Waals surface area contributed by atoms with E-state index in [2.05, 4.69) is 18.7 Å². The van der Waals surface area contributed by atoms with Crippen molar-refractivity contribution < 1.29 is 47.7 Å². The smallest absolute Gasteiger partial charge is 0.327 e. The van der Waals surface area contributed by atoms with Gasteiger partial charge in [0.2, 0.25) is 0 Å². The fraction of sp³-hybridized carbons (Fsp3) is 0.683. The SMILES string of the molecule is C=CCOC(=O)CSC(=O)[C@H]1CC(C(=O)OC)(C(=O)OC)C2=C[C@H](CCCCC/C=C/C)[C@@H](C[C@@H]3OC(C)(C)O[C@H]3CC/C=C/C)[C@H](C1=O)[C@@H]2SCC. The summed E-state index contributed by atoms with van der Waals surface area (Å²) in [7, 11) is 2.39. The Balaban J connectivity index is 2.22. The van der Waals surface area contributed by atoms with Gasteiger partial charge in [-0.15, -0.1) is 0 Å². The van der Waals surface area contributed by atoms with Crippen LogP contribution in [0, 0.1) is 29.1 Å². The van der Waals surface area contributed by atoms with Crippen LogP contribution in [0.25, 0.3) is 0 Å². The predicted octanol–water partition coefficient (Wildman–Crippen LogP) is 7.60. The van der Waals surface area contributed by atoms with Gasteiger partial charge in [-0.3, -0.25) is 24.0 Å². The molecule has 12 heteroatoms. The van der Waals surface area contributed by atoms with Crippen LogP contribution in [0.3, 0.4) is 0 Å². The van der Waals surface area contributed by atoms with E-state index < -0.39 is 57.7 Å². The number of esters is 3. The van der Waals surface area contributed by atoms with Crippen molar-refractivity contribution in [2.75, 3.05) is 32.3 Å². The molecule has 0 radical (unpaired) electrons. The molecule has 0 amide bonds. The molecule has 1 saturated carbocycles. The van der Waals surface area contributed by atoms with Crippen LogP contribution in [0.15, 0.2) is 48.6 Å². The van der Waals surface area contributed by atoms with E-state index in [1.165, 1.54) is 32.1 Å². The Morgan fingerprint density at radius 1 is 0.962 bits per heavy atom. The van der Waals surface area contributed by atoms with Gasteiger partial charge in [0.15, 0.2) is 16.3 Å². The molecule has 53 heavy (non-hydrogen) atoms. The van der Waals surface area contributed by atoms with Crippen LogP contribution in [0.4, 0.5) is 0 Å². The van der Waals surface area contributed by atoms with E-state index in [9.17, 15) is 19.2 Å². The van der Waals surface area contributed by atoms with E-state index in [-0.39, 0.29) is 42.2 Å². The molecule has 10 nitrogen and oxygen atoms in total. The van der Waals surface area contributed by atoms with E-state index >= 15 is 4.79 Å². The Morgan fingerprint density at radius 2 is 1.62 bits per heavy atom. The zero-order valence-corrected chi connectivity index (χ0v) is 34.2. The minimum absolute atomic E-state index is 0.0201. The molecule has 0 aromatic heterocycles. The molecule has 3 rings (SSSR count). The number of hydrogen-bond donors (Lipinski definition) is 0. The standard InChI is InChI=1S/C41H60O10S2/c1-9-13-15-16-17-19-20-27-23-30-36(52-12-4)34(28(27)24-32-31(21-18-14-10-2)50-40(5,6)51-32)35(43)29(37(44)53-26-33(42)49-22-11-3)25-41(30,38(45)47-7)39(46)48-8/h9-11,13-14,23,27-29,31-32,34,36H,3,12,15-22,24-26H2,1-2,4-8H3/b13-9+,14-10+/t27-,28+,29-,31-,32-,34+,36+/m0/s1. The highest BCUT2D eigenvalue weighted by Crippen LogP contribution is 2.57. The molecule has 0 spiro atoms. The summed E-state index contributed by atoms with van der Waals surface area (Å²) >= 11 is 2.14. The number of carbonyl (C=O) groups excluding carboxylic acids is 5. The van der Waals surface area contributed by atoms with Gasteiger partial charge in [-0.05, 0) is 95.8 Å². The molecular formula is C41H60O10S2. The number of rotatable bonds is 20. The predicted molar refractivity (Wildman–Crippen MR) is 209 cm³/mol. The highest BCUT2D eigenvalue weighted by molar-refractivity contribution is 8.14. The summed E-state index contributed by atoms with van der Waals surface area (Å²) in [6.45, 7) is 13.3. The summed E-state index contributed by atoms with van der Waals surface area (Å²) in [5.74, 6) is -5.97. The molecule has 2 fully saturated rings. The molecule has 296 valence electrons. The topological polar surface area (TPSA) is 132 Å². The van der Waals surface area contributed by atoms with Crippen molar-refractivity contribution >= 4 is 52.3 Å². The Morgan fingerprint density at radius 3 is 2.25 bits per heavy atom. The minimum Gasteiger partial charge on any atom is -0.468 e. The van der Waals surface area contributed by atoms with Gasteiger partial charge in [0, 0.05) is 11.2 Å². The van der Waals surface area contributed by atoms with Crippen LogP contribution >= 0.6 is 23.5 Å². The van der Waals surface area contributed by atoms with E-state index in [0.29, 0.717) is 35.9 Å². The van der Waals surface area contributed by atoms with Crippen LogP contribution in [-0.2, 0) is 47.7 Å². The van der Waals surface area contributed by atoms with Gasteiger partial charge in [-0.1, -0.05) is 74.6 Å². The molecule has 0 aromatic rings. The summed E-state index contributed by atoms with van der Waals surface area (Å²) < 4.78 is 28.7. The molecule has 2 bridgehead atoms. The number of Topliss-reactive ketones (excluding diaryl/α,β-unsaturated/α-hetero) is 1. The van der Waals surface area contributed by atoms with Crippen molar-refractivity contribution in [3.63, 3.8) is 0 Å². The number of ether oxygens (including phenoxy) is 5. The summed E-state index contributed by atoms with van der Waals surface area (Å²) in [5, 5.41) is -1.22. The van der Waals surface area contributed by atoms with Crippen LogP contribution in [0.5, 0.6) is 0 Å². The zero-order chi connectivity index (χ0) is 39.2. The monoisotopic (exact) mass is 776 g/mol. The molecule has 0 N–H and O–H groups in total. The first kappa shape index (κ1) is 44.7. The number of allylic oxidation sites excluding steroid dienone is 5. The number of unbranched alkanes of at least 4 members (excludes halogenated alkanes) is 3. The second-order valence-corrected chi connectivity index (χ2v) is 16.7. The normalized spacial score (nSPS) is 27.6. The largest absolute Gasteiger partial charge is 0.468 e. The first-order chi connectivity index (χ1) is 25.3. The molecule has 1 heterocycles. The third-order valence-electron chi connectivity index (χ3n) is 10.4. The van der Waals surface area contributed by atoms with Crippen molar-refractivity contribution in [2.45, 2.75) is 116 Å². The van der Waals surface area contributed by atoms with Crippen molar-refractivity contribution in [2.24, 2.45) is 29.1 Å². The van der Waals surface area contributed by atoms with E-state index in [1.54, 1.807) is 0 Å². The Bertz CT molecular complexity index is 1370. The minimum atomic E-state index is -2.04. The van der Waals surface area contributed by atoms with Gasteiger partial charge in [-0.2, -0.15) is 11.8 Å². The average molecular weight is 777 g/mol. The first-order valence-corrected chi connectivity index (χ1v) is 20.9. The molecule has 3 aliphatic rings. The van der Waals surface area contributed by atoms with Crippen molar-refractivity contribution in [3.05, 3.63) is 48.6 Å². The number of carbonyl (C=O) groups is 5. The van der Waals surface area contributed by atoms with Gasteiger partial charge < -0.3 is 23.7 Å². The lowest BCUT2D eigenvalue weighted by Gasteiger charge is -2.44. The zero-order valence-electron chi connectivity index (χ0n) is 32.6. The van der Waals surface area contributed by atoms with Gasteiger partial charge in [-0.25, -0.2) is 0 Å². The molecule has 0 aromatic carbocycles. The fourth-order valence-corrected chi connectivity index (χ4v) is 10.2. The average Bonchev–Trinajstić information content (AvgIpc) is 3.40. The number of hydrogen-bond acceptors (Lipinski definition) is 12. The summed E-state index contributed by atoms with van der Waals surface area (Å²) in [6, 6.07) is 0. The maximum Gasteiger partial charge on any atom is 0.327 e. The fourth-order valence-electron chi connectivity index (χ4n) is 8.12. The lowest BCUT2D eigenvalue weighted by molar-refractivity contribution is -0.167. The molecule has 1 saturated heterocycles. The van der Waals surface area contributed by atoms with Crippen molar-refractivity contribution in [1.82, 2.24) is 0 Å². The van der Waals surface area contributed by atoms with Crippen LogP contribution in [-0.4, -0.2) is 84.4 Å². The second-order valence-electron chi connectivity index (χ2n) is 14.3. The first-order valence-electron chi connectivity index (χ1n) is 18.9. The van der Waals surface area contributed by atoms with Gasteiger partial charge >= 0.3 is 17.9 Å².